The van der Waals surface area contributed by atoms with E-state index in [0.29, 0.717) is 16.8 Å². The molecule has 0 saturated carbocycles. The number of hydrogen-bond acceptors (Lipinski definition) is 6. The summed E-state index contributed by atoms with van der Waals surface area (Å²) in [6.45, 7) is 1.60. The minimum atomic E-state index is -0.591. The van der Waals surface area contributed by atoms with E-state index in [1.54, 1.807) is 25.1 Å². The lowest BCUT2D eigenvalue weighted by molar-refractivity contribution is -0.151. The summed E-state index contributed by atoms with van der Waals surface area (Å²) in [6.07, 6.45) is 0. The second-order valence-electron chi connectivity index (χ2n) is 3.68. The molecule has 0 fully saturated rings. The van der Waals surface area contributed by atoms with Crippen molar-refractivity contribution < 1.29 is 19.1 Å². The quantitative estimate of drug-likeness (QED) is 0.449. The van der Waals surface area contributed by atoms with Gasteiger partial charge >= 0.3 is 5.97 Å². The Hall–Kier alpha value is -1.56. The predicted octanol–water partition coefficient (Wildman–Crippen LogP) is 2.54. The van der Waals surface area contributed by atoms with E-state index in [2.05, 4.69) is 21.2 Å². The molecule has 0 radical (unpaired) electrons. The third-order valence-corrected chi connectivity index (χ3v) is 3.40. The predicted molar refractivity (Wildman–Crippen MR) is 81.7 cm³/mol. The van der Waals surface area contributed by atoms with Crippen LogP contribution in [0.1, 0.15) is 6.92 Å². The monoisotopic (exact) mass is 372 g/mol. The van der Waals surface area contributed by atoms with Crippen molar-refractivity contribution in [3.63, 3.8) is 0 Å². The number of benzene rings is 1. The fourth-order valence-corrected chi connectivity index (χ4v) is 2.32. The van der Waals surface area contributed by atoms with Crippen LogP contribution in [0, 0.1) is 10.7 Å². The van der Waals surface area contributed by atoms with Gasteiger partial charge in [0.15, 0.2) is 6.61 Å². The smallest absolute Gasteiger partial charge is 0.332 e. The zero-order valence-corrected chi connectivity index (χ0v) is 13.6. The average molecular weight is 373 g/mol. The van der Waals surface area contributed by atoms with Crippen LogP contribution < -0.4 is 5.32 Å². The summed E-state index contributed by atoms with van der Waals surface area (Å²) in [4.78, 5) is 23.6. The Bertz CT molecular complexity index is 560. The Balaban J connectivity index is 2.48. The highest BCUT2D eigenvalue weighted by molar-refractivity contribution is 9.10. The van der Waals surface area contributed by atoms with Gasteiger partial charge in [0, 0.05) is 16.0 Å². The number of thiocyanates is 1. The first-order valence-electron chi connectivity index (χ1n) is 5.95. The van der Waals surface area contributed by atoms with E-state index < -0.39 is 11.9 Å². The minimum Gasteiger partial charge on any atom is -0.454 e. The first-order valence-corrected chi connectivity index (χ1v) is 7.56. The van der Waals surface area contributed by atoms with E-state index in [9.17, 15) is 9.59 Å². The van der Waals surface area contributed by atoms with E-state index in [0.717, 1.165) is 16.7 Å². The van der Waals surface area contributed by atoms with Crippen molar-refractivity contribution in [1.82, 2.24) is 0 Å². The number of rotatable bonds is 7. The summed E-state index contributed by atoms with van der Waals surface area (Å²) in [5, 5.41) is 13.1. The molecule has 8 heteroatoms. The van der Waals surface area contributed by atoms with Crippen LogP contribution in [0.4, 0.5) is 5.69 Å². The molecule has 1 aromatic rings. The van der Waals surface area contributed by atoms with Crippen LogP contribution in [-0.2, 0) is 19.1 Å². The van der Waals surface area contributed by atoms with Crippen LogP contribution in [0.5, 0.6) is 0 Å². The highest BCUT2D eigenvalue weighted by Crippen LogP contribution is 2.28. The van der Waals surface area contributed by atoms with Crippen molar-refractivity contribution >= 4 is 45.3 Å². The molecule has 1 rings (SSSR count). The fraction of sp³-hybridized carbons (Fsp3) is 0.308. The Kier molecular flexibility index (Phi) is 7.82. The van der Waals surface area contributed by atoms with Gasteiger partial charge in [-0.25, -0.2) is 4.79 Å². The molecule has 0 bridgehead atoms. The molecular weight excluding hydrogens is 360 g/mol. The number of hydrogen-bond donors (Lipinski definition) is 1. The number of anilines is 1. The number of amides is 1. The molecular formula is C13H13BrN2O4S. The van der Waals surface area contributed by atoms with Gasteiger partial charge < -0.3 is 14.8 Å². The van der Waals surface area contributed by atoms with Crippen LogP contribution in [0.2, 0.25) is 0 Å². The number of carbonyl (C=O) groups excluding carboxylic acids is 2. The van der Waals surface area contributed by atoms with E-state index >= 15 is 0 Å². The molecule has 0 heterocycles. The summed E-state index contributed by atoms with van der Waals surface area (Å²) in [6, 6.07) is 5.07. The average Bonchev–Trinajstić information content (AvgIpc) is 2.46. The molecule has 0 spiro atoms. The maximum absolute atomic E-state index is 11.6. The number of carbonyl (C=O) groups is 2. The van der Waals surface area contributed by atoms with Gasteiger partial charge in [0.2, 0.25) is 0 Å². The number of thioether (sulfide) groups is 1. The molecule has 1 amide bonds. The van der Waals surface area contributed by atoms with Crippen LogP contribution in [0.25, 0.3) is 0 Å². The molecule has 0 atom stereocenters. The molecule has 6 nitrogen and oxygen atoms in total. The maximum Gasteiger partial charge on any atom is 0.332 e. The SMILES string of the molecule is CCOCC(=O)OCC(=O)Nc1ccc(SC#N)cc1Br. The summed E-state index contributed by atoms with van der Waals surface area (Å²) in [5.74, 6) is -1.05. The molecule has 0 aliphatic rings. The second kappa shape index (κ2) is 9.39. The summed E-state index contributed by atoms with van der Waals surface area (Å²) >= 11 is 4.31. The van der Waals surface area contributed by atoms with Crippen LogP contribution in [0.3, 0.4) is 0 Å². The third kappa shape index (κ3) is 6.62. The van der Waals surface area contributed by atoms with Gasteiger partial charge in [-0.3, -0.25) is 4.79 Å². The molecule has 0 saturated heterocycles. The number of esters is 1. The number of halogens is 1. The Morgan fingerprint density at radius 3 is 2.81 bits per heavy atom. The Labute approximate surface area is 134 Å². The van der Waals surface area contributed by atoms with Gasteiger partial charge in [0.1, 0.15) is 12.0 Å². The Morgan fingerprint density at radius 1 is 1.43 bits per heavy atom. The van der Waals surface area contributed by atoms with Gasteiger partial charge in [0.25, 0.3) is 5.91 Å². The lowest BCUT2D eigenvalue weighted by Crippen LogP contribution is -2.23. The zero-order chi connectivity index (χ0) is 15.7. The van der Waals surface area contributed by atoms with E-state index in [-0.39, 0.29) is 13.2 Å². The standard InChI is InChI=1S/C13H13BrN2O4S/c1-2-19-7-13(18)20-6-12(17)16-11-4-3-9(21-8-15)5-10(11)14/h3-5H,2,6-7H2,1H3,(H,16,17). The summed E-state index contributed by atoms with van der Waals surface area (Å²) in [5.41, 5.74) is 0.531. The molecule has 1 N–H and O–H groups in total. The maximum atomic E-state index is 11.6. The lowest BCUT2D eigenvalue weighted by Gasteiger charge is -2.09. The van der Waals surface area contributed by atoms with Crippen molar-refractivity contribution in [2.45, 2.75) is 11.8 Å². The van der Waals surface area contributed by atoms with Gasteiger partial charge in [-0.05, 0) is 52.8 Å². The van der Waals surface area contributed by atoms with Gasteiger partial charge in [-0.15, -0.1) is 0 Å². The van der Waals surface area contributed by atoms with Gasteiger partial charge in [0.05, 0.1) is 5.69 Å². The van der Waals surface area contributed by atoms with Gasteiger partial charge in [-0.2, -0.15) is 5.26 Å². The number of nitriles is 1. The van der Waals surface area contributed by atoms with Gasteiger partial charge in [-0.1, -0.05) is 0 Å². The zero-order valence-electron chi connectivity index (χ0n) is 11.2. The molecule has 1 aromatic carbocycles. The molecule has 0 unspecified atom stereocenters. The van der Waals surface area contributed by atoms with Crippen molar-refractivity contribution in [3.8, 4) is 5.40 Å². The van der Waals surface area contributed by atoms with E-state index in [4.69, 9.17) is 14.7 Å². The number of ether oxygens (including phenoxy) is 2. The summed E-state index contributed by atoms with van der Waals surface area (Å²) < 4.78 is 10.2. The minimum absolute atomic E-state index is 0.173. The van der Waals surface area contributed by atoms with Crippen LogP contribution in [0.15, 0.2) is 27.6 Å². The first kappa shape index (κ1) is 17.5. The third-order valence-electron chi connectivity index (χ3n) is 2.17. The van der Waals surface area contributed by atoms with E-state index in [1.165, 1.54) is 0 Å². The molecule has 21 heavy (non-hydrogen) atoms. The molecule has 0 aliphatic heterocycles. The fourth-order valence-electron chi connectivity index (χ4n) is 1.27. The van der Waals surface area contributed by atoms with Crippen molar-refractivity contribution in [2.24, 2.45) is 0 Å². The second-order valence-corrected chi connectivity index (χ2v) is 5.39. The topological polar surface area (TPSA) is 88.4 Å². The molecule has 112 valence electrons. The lowest BCUT2D eigenvalue weighted by atomic mass is 10.3. The van der Waals surface area contributed by atoms with Crippen LogP contribution in [-0.4, -0.2) is 31.7 Å². The number of nitrogens with zero attached hydrogens (tertiary/aromatic N) is 1. The normalized spacial score (nSPS) is 9.76. The van der Waals surface area contributed by atoms with Crippen molar-refractivity contribution in [3.05, 3.63) is 22.7 Å². The van der Waals surface area contributed by atoms with Crippen molar-refractivity contribution in [1.29, 1.82) is 5.26 Å². The first-order chi connectivity index (χ1) is 10.1. The molecule has 0 aromatic heterocycles. The Morgan fingerprint density at radius 2 is 2.19 bits per heavy atom. The highest BCUT2D eigenvalue weighted by atomic mass is 79.9. The highest BCUT2D eigenvalue weighted by Gasteiger charge is 2.10. The molecule has 0 aliphatic carbocycles. The summed E-state index contributed by atoms with van der Waals surface area (Å²) in [7, 11) is 0. The van der Waals surface area contributed by atoms with E-state index in [1.807, 2.05) is 5.40 Å². The van der Waals surface area contributed by atoms with Crippen LogP contribution >= 0.6 is 27.7 Å². The van der Waals surface area contributed by atoms with Crippen molar-refractivity contribution in [2.75, 3.05) is 25.1 Å². The number of nitrogens with one attached hydrogen (secondary N) is 1. The largest absolute Gasteiger partial charge is 0.454 e.